The van der Waals surface area contributed by atoms with Gasteiger partial charge in [-0.15, -0.1) is 0 Å². The van der Waals surface area contributed by atoms with Gasteiger partial charge in [0.1, 0.15) is 0 Å². The van der Waals surface area contributed by atoms with Crippen molar-refractivity contribution >= 4 is 15.9 Å². The fourth-order valence-electron chi connectivity index (χ4n) is 3.03. The van der Waals surface area contributed by atoms with Gasteiger partial charge in [0.2, 0.25) is 15.9 Å². The van der Waals surface area contributed by atoms with Crippen LogP contribution in [0.15, 0.2) is 59.5 Å². The molecule has 0 aliphatic heterocycles. The highest BCUT2D eigenvalue weighted by atomic mass is 32.2. The van der Waals surface area contributed by atoms with E-state index >= 15 is 0 Å². The number of primary sulfonamides is 1. The van der Waals surface area contributed by atoms with Crippen LogP contribution >= 0.6 is 0 Å². The molecule has 1 aliphatic carbocycles. The third-order valence-corrected chi connectivity index (χ3v) is 5.48. The number of benzene rings is 2. The number of nitrogens with two attached hydrogens (primary N) is 1. The van der Waals surface area contributed by atoms with Gasteiger partial charge >= 0.3 is 0 Å². The molecule has 0 bridgehead atoms. The zero-order valence-electron chi connectivity index (χ0n) is 13.9. The quantitative estimate of drug-likeness (QED) is 0.744. The molecule has 2 atom stereocenters. The number of hydrogen-bond donors (Lipinski definition) is 2. The van der Waals surface area contributed by atoms with Crippen LogP contribution in [0.5, 0.6) is 0 Å². The molecule has 0 spiro atoms. The molecule has 1 amide bonds. The van der Waals surface area contributed by atoms with Crippen molar-refractivity contribution in [2.75, 3.05) is 6.54 Å². The van der Waals surface area contributed by atoms with E-state index in [0.717, 1.165) is 24.8 Å². The summed E-state index contributed by atoms with van der Waals surface area (Å²) in [6, 6.07) is 16.7. The maximum Gasteiger partial charge on any atom is 0.238 e. The Labute approximate surface area is 148 Å². The average Bonchev–Trinajstić information content (AvgIpc) is 3.40. The summed E-state index contributed by atoms with van der Waals surface area (Å²) in [4.78, 5) is 12.3. The van der Waals surface area contributed by atoms with E-state index in [1.165, 1.54) is 17.7 Å². The van der Waals surface area contributed by atoms with Crippen molar-refractivity contribution < 1.29 is 13.2 Å². The molecule has 2 aromatic rings. The van der Waals surface area contributed by atoms with Gasteiger partial charge in [0.15, 0.2) is 0 Å². The SMILES string of the molecule is NS(=O)(=O)c1ccc(CCCNC(=O)C2CC2c2ccccc2)cc1. The van der Waals surface area contributed by atoms with Crippen LogP contribution in [0.2, 0.25) is 0 Å². The van der Waals surface area contributed by atoms with Gasteiger partial charge in [-0.2, -0.15) is 0 Å². The molecule has 3 rings (SSSR count). The lowest BCUT2D eigenvalue weighted by Crippen LogP contribution is -2.26. The van der Waals surface area contributed by atoms with E-state index in [4.69, 9.17) is 5.14 Å². The van der Waals surface area contributed by atoms with E-state index < -0.39 is 10.0 Å². The Morgan fingerprint density at radius 3 is 2.40 bits per heavy atom. The minimum atomic E-state index is -3.64. The lowest BCUT2D eigenvalue weighted by atomic mass is 10.1. The second-order valence-corrected chi connectivity index (χ2v) is 8.00. The summed E-state index contributed by atoms with van der Waals surface area (Å²) < 4.78 is 22.4. The number of carbonyl (C=O) groups is 1. The Bertz CT molecular complexity index is 833. The molecule has 0 aromatic heterocycles. The summed E-state index contributed by atoms with van der Waals surface area (Å²) in [5, 5.41) is 8.07. The van der Waals surface area contributed by atoms with E-state index in [1.54, 1.807) is 12.1 Å². The average molecular weight is 358 g/mol. The summed E-state index contributed by atoms with van der Waals surface area (Å²) >= 11 is 0. The number of aryl methyl sites for hydroxylation is 1. The molecule has 5 nitrogen and oxygen atoms in total. The first-order valence-corrected chi connectivity index (χ1v) is 9.94. The zero-order valence-corrected chi connectivity index (χ0v) is 14.7. The topological polar surface area (TPSA) is 89.3 Å². The van der Waals surface area contributed by atoms with Crippen LogP contribution in [0, 0.1) is 5.92 Å². The van der Waals surface area contributed by atoms with E-state index in [1.807, 2.05) is 18.2 Å². The molecule has 1 saturated carbocycles. The maximum atomic E-state index is 12.2. The van der Waals surface area contributed by atoms with E-state index in [-0.39, 0.29) is 16.7 Å². The second-order valence-electron chi connectivity index (χ2n) is 6.44. The minimum absolute atomic E-state index is 0.0939. The molecular formula is C19H22N2O3S. The summed E-state index contributed by atoms with van der Waals surface area (Å²) in [6.07, 6.45) is 2.51. The Hall–Kier alpha value is -2.18. The van der Waals surface area contributed by atoms with Crippen molar-refractivity contribution in [3.63, 3.8) is 0 Å². The van der Waals surface area contributed by atoms with Crippen molar-refractivity contribution in [1.29, 1.82) is 0 Å². The predicted octanol–water partition coefficient (Wildman–Crippen LogP) is 2.19. The van der Waals surface area contributed by atoms with E-state index in [2.05, 4.69) is 17.4 Å². The van der Waals surface area contributed by atoms with Gasteiger partial charge in [-0.3, -0.25) is 4.79 Å². The molecule has 3 N–H and O–H groups in total. The molecule has 0 heterocycles. The zero-order chi connectivity index (χ0) is 17.9. The molecule has 25 heavy (non-hydrogen) atoms. The van der Waals surface area contributed by atoms with Gasteiger partial charge in [-0.1, -0.05) is 42.5 Å². The number of hydrogen-bond acceptors (Lipinski definition) is 3. The number of carbonyl (C=O) groups excluding carboxylic acids is 1. The third-order valence-electron chi connectivity index (χ3n) is 4.55. The van der Waals surface area contributed by atoms with Crippen LogP contribution in [0.3, 0.4) is 0 Å². The summed E-state index contributed by atoms with van der Waals surface area (Å²) in [5.41, 5.74) is 2.26. The monoisotopic (exact) mass is 358 g/mol. The number of nitrogens with one attached hydrogen (secondary N) is 1. The van der Waals surface area contributed by atoms with Crippen LogP contribution in [-0.2, 0) is 21.2 Å². The predicted molar refractivity (Wildman–Crippen MR) is 96.4 cm³/mol. The van der Waals surface area contributed by atoms with E-state index in [9.17, 15) is 13.2 Å². The smallest absolute Gasteiger partial charge is 0.238 e. The number of sulfonamides is 1. The first-order chi connectivity index (χ1) is 11.9. The number of amides is 1. The van der Waals surface area contributed by atoms with Gasteiger partial charge in [-0.25, -0.2) is 13.6 Å². The first-order valence-electron chi connectivity index (χ1n) is 8.39. The van der Waals surface area contributed by atoms with Gasteiger partial charge in [-0.05, 0) is 48.4 Å². The molecule has 2 unspecified atom stereocenters. The van der Waals surface area contributed by atoms with Crippen LogP contribution in [-0.4, -0.2) is 20.9 Å². The fourth-order valence-corrected chi connectivity index (χ4v) is 3.55. The standard InChI is InChI=1S/C19H22N2O3S/c20-25(23,24)16-10-8-14(9-11-16)5-4-12-21-19(22)18-13-17(18)15-6-2-1-3-7-15/h1-3,6-11,17-18H,4-5,12-13H2,(H,21,22)(H2,20,23,24). The fraction of sp³-hybridized carbons (Fsp3) is 0.316. The Kier molecular flexibility index (Phi) is 5.20. The Balaban J connectivity index is 1.40. The van der Waals surface area contributed by atoms with Gasteiger partial charge in [0.05, 0.1) is 4.90 Å². The molecular weight excluding hydrogens is 336 g/mol. The van der Waals surface area contributed by atoms with Crippen LogP contribution in [0.25, 0.3) is 0 Å². The van der Waals surface area contributed by atoms with Gasteiger partial charge in [0.25, 0.3) is 0 Å². The number of rotatable bonds is 7. The van der Waals surface area contributed by atoms with Crippen LogP contribution in [0.1, 0.15) is 29.9 Å². The van der Waals surface area contributed by atoms with Crippen LogP contribution < -0.4 is 10.5 Å². The van der Waals surface area contributed by atoms with Crippen molar-refractivity contribution in [3.05, 3.63) is 65.7 Å². The molecule has 0 saturated heterocycles. The maximum absolute atomic E-state index is 12.2. The highest BCUT2D eigenvalue weighted by Crippen LogP contribution is 2.47. The van der Waals surface area contributed by atoms with Gasteiger partial charge < -0.3 is 5.32 Å². The highest BCUT2D eigenvalue weighted by Gasteiger charge is 2.43. The normalized spacial score (nSPS) is 19.4. The largest absolute Gasteiger partial charge is 0.356 e. The third kappa shape index (κ3) is 4.67. The van der Waals surface area contributed by atoms with Crippen molar-refractivity contribution in [1.82, 2.24) is 5.32 Å². The Morgan fingerprint density at radius 1 is 1.08 bits per heavy atom. The highest BCUT2D eigenvalue weighted by molar-refractivity contribution is 7.89. The summed E-state index contributed by atoms with van der Waals surface area (Å²) in [7, 11) is -3.64. The Morgan fingerprint density at radius 2 is 1.76 bits per heavy atom. The van der Waals surface area contributed by atoms with Gasteiger partial charge in [0, 0.05) is 12.5 Å². The molecule has 132 valence electrons. The molecule has 1 fully saturated rings. The van der Waals surface area contributed by atoms with Crippen molar-refractivity contribution in [2.45, 2.75) is 30.1 Å². The van der Waals surface area contributed by atoms with Crippen molar-refractivity contribution in [3.8, 4) is 0 Å². The molecule has 1 aliphatic rings. The molecule has 6 heteroatoms. The molecule has 2 aromatic carbocycles. The van der Waals surface area contributed by atoms with Crippen molar-refractivity contribution in [2.24, 2.45) is 11.1 Å². The van der Waals surface area contributed by atoms with E-state index in [0.29, 0.717) is 12.5 Å². The summed E-state index contributed by atoms with van der Waals surface area (Å²) in [5.74, 6) is 0.571. The molecule has 0 radical (unpaired) electrons. The summed E-state index contributed by atoms with van der Waals surface area (Å²) in [6.45, 7) is 0.619. The first kappa shape index (κ1) is 17.6. The second kappa shape index (κ2) is 7.37. The lowest BCUT2D eigenvalue weighted by molar-refractivity contribution is -0.122. The minimum Gasteiger partial charge on any atom is -0.356 e. The van der Waals surface area contributed by atoms with Crippen LogP contribution in [0.4, 0.5) is 0 Å². The lowest BCUT2D eigenvalue weighted by Gasteiger charge is -2.06.